The van der Waals surface area contributed by atoms with Gasteiger partial charge in [0.15, 0.2) is 0 Å². The highest BCUT2D eigenvalue weighted by molar-refractivity contribution is 6.13. The maximum atomic E-state index is 14.6. The number of fused-ring (bicyclic) bond motifs is 1. The Hall–Kier alpha value is -3.63. The molecule has 2 aromatic rings. The van der Waals surface area contributed by atoms with Crippen molar-refractivity contribution in [3.8, 4) is 0 Å². The van der Waals surface area contributed by atoms with E-state index in [0.29, 0.717) is 30.5 Å². The molecule has 0 saturated carbocycles. The predicted octanol–water partition coefficient (Wildman–Crippen LogP) is 1.76. The zero-order chi connectivity index (χ0) is 28.4. The molecule has 9 nitrogen and oxygen atoms in total. The van der Waals surface area contributed by atoms with E-state index in [2.05, 4.69) is 10.4 Å². The van der Waals surface area contributed by atoms with E-state index in [1.807, 2.05) is 30.3 Å². The molecule has 39 heavy (non-hydrogen) atoms. The van der Waals surface area contributed by atoms with Crippen LogP contribution in [0.25, 0.3) is 0 Å². The maximum Gasteiger partial charge on any atom is 0.256 e. The summed E-state index contributed by atoms with van der Waals surface area (Å²) in [4.78, 5) is 41.8. The van der Waals surface area contributed by atoms with E-state index in [1.54, 1.807) is 37.9 Å². The Morgan fingerprint density at radius 2 is 1.92 bits per heavy atom. The van der Waals surface area contributed by atoms with Gasteiger partial charge in [0.1, 0.15) is 17.3 Å². The highest BCUT2D eigenvalue weighted by Crippen LogP contribution is 2.38. The summed E-state index contributed by atoms with van der Waals surface area (Å²) in [6.45, 7) is 3.28. The molecule has 2 aliphatic heterocycles. The largest absolute Gasteiger partial charge is 0.392 e. The average Bonchev–Trinajstić information content (AvgIpc) is 3.15. The second-order valence-electron chi connectivity index (χ2n) is 11.0. The lowest BCUT2D eigenvalue weighted by molar-refractivity contribution is -0.142. The molecule has 0 aliphatic carbocycles. The van der Waals surface area contributed by atoms with Gasteiger partial charge in [0.05, 0.1) is 17.9 Å². The van der Waals surface area contributed by atoms with E-state index in [9.17, 15) is 23.9 Å². The molecule has 2 aliphatic rings. The second kappa shape index (κ2) is 11.2. The van der Waals surface area contributed by atoms with E-state index < -0.39 is 28.7 Å². The summed E-state index contributed by atoms with van der Waals surface area (Å²) in [7, 11) is 1.62. The van der Waals surface area contributed by atoms with Gasteiger partial charge in [-0.1, -0.05) is 42.5 Å². The number of aliphatic hydroxyl groups is 1. The average molecular weight is 538 g/mol. The number of hydrogen-bond acceptors (Lipinski definition) is 6. The van der Waals surface area contributed by atoms with Crippen molar-refractivity contribution in [1.82, 2.24) is 15.2 Å². The number of nitrogens with two attached hydrogens (primary N) is 1. The number of nitrogens with one attached hydrogen (secondary N) is 1. The third-order valence-corrected chi connectivity index (χ3v) is 7.46. The Morgan fingerprint density at radius 1 is 1.21 bits per heavy atom. The quantitative estimate of drug-likeness (QED) is 0.449. The van der Waals surface area contributed by atoms with Crippen molar-refractivity contribution in [2.75, 3.05) is 20.1 Å². The molecule has 1 fully saturated rings. The van der Waals surface area contributed by atoms with Crippen LogP contribution in [0, 0.1) is 11.2 Å². The predicted molar refractivity (Wildman–Crippen MR) is 145 cm³/mol. The van der Waals surface area contributed by atoms with Crippen molar-refractivity contribution in [1.29, 1.82) is 0 Å². The van der Waals surface area contributed by atoms with Crippen molar-refractivity contribution >= 4 is 23.4 Å². The van der Waals surface area contributed by atoms with Gasteiger partial charge in [-0.15, -0.1) is 0 Å². The Morgan fingerprint density at radius 3 is 2.56 bits per heavy atom. The summed E-state index contributed by atoms with van der Waals surface area (Å²) < 4.78 is 14.6. The minimum Gasteiger partial charge on any atom is -0.392 e. The SMILES string of the molecule is CN1N=C2CCN(C(=O)C(CCc3ccc(CO)cc3F)NC(=O)C(C)(C)N)C[C@@]2(Cc2ccccc2)C1=O. The molecule has 2 heterocycles. The first kappa shape index (κ1) is 28.4. The number of hydrazone groups is 1. The Balaban J connectivity index is 1.59. The van der Waals surface area contributed by atoms with Crippen LogP contribution in [-0.4, -0.2) is 70.2 Å². The summed E-state index contributed by atoms with van der Waals surface area (Å²) >= 11 is 0. The third-order valence-electron chi connectivity index (χ3n) is 7.46. The fourth-order valence-electron chi connectivity index (χ4n) is 5.23. The van der Waals surface area contributed by atoms with E-state index >= 15 is 0 Å². The van der Waals surface area contributed by atoms with Crippen molar-refractivity contribution in [3.63, 3.8) is 0 Å². The lowest BCUT2D eigenvalue weighted by atomic mass is 9.73. The molecular formula is C29H36FN5O4. The minimum absolute atomic E-state index is 0.126. The van der Waals surface area contributed by atoms with Crippen LogP contribution in [0.4, 0.5) is 4.39 Å². The first-order valence-electron chi connectivity index (χ1n) is 13.1. The molecule has 3 amide bonds. The molecule has 0 radical (unpaired) electrons. The minimum atomic E-state index is -1.23. The summed E-state index contributed by atoms with van der Waals surface area (Å²) in [6.07, 6.45) is 1.13. The number of aliphatic hydroxyl groups excluding tert-OH is 1. The number of carbonyl (C=O) groups excluding carboxylic acids is 3. The van der Waals surface area contributed by atoms with Crippen LogP contribution in [0.5, 0.6) is 0 Å². The number of aryl methyl sites for hydroxylation is 1. The number of halogens is 1. The van der Waals surface area contributed by atoms with Crippen LogP contribution >= 0.6 is 0 Å². The molecule has 4 N–H and O–H groups in total. The fraction of sp³-hybridized carbons (Fsp3) is 0.448. The molecule has 0 bridgehead atoms. The highest BCUT2D eigenvalue weighted by atomic mass is 19.1. The first-order valence-corrected chi connectivity index (χ1v) is 13.1. The number of likely N-dealkylation sites (tertiary alicyclic amines) is 1. The topological polar surface area (TPSA) is 128 Å². The van der Waals surface area contributed by atoms with E-state index in [1.165, 1.54) is 11.1 Å². The molecule has 1 unspecified atom stereocenters. The van der Waals surface area contributed by atoms with Crippen molar-refractivity contribution < 1.29 is 23.9 Å². The summed E-state index contributed by atoms with van der Waals surface area (Å²) in [5.74, 6) is -1.52. The van der Waals surface area contributed by atoms with Gasteiger partial charge in [-0.3, -0.25) is 14.4 Å². The van der Waals surface area contributed by atoms with Gasteiger partial charge in [-0.05, 0) is 55.9 Å². The number of nitrogens with zero attached hydrogens (tertiary/aromatic N) is 3. The fourth-order valence-corrected chi connectivity index (χ4v) is 5.23. The van der Waals surface area contributed by atoms with Crippen LogP contribution in [0.1, 0.15) is 43.4 Å². The molecular weight excluding hydrogens is 501 g/mol. The number of piperidine rings is 1. The van der Waals surface area contributed by atoms with Crippen LogP contribution in [0.2, 0.25) is 0 Å². The Bertz CT molecular complexity index is 1280. The van der Waals surface area contributed by atoms with Crippen molar-refractivity contribution in [2.45, 2.75) is 57.7 Å². The van der Waals surface area contributed by atoms with Gasteiger partial charge < -0.3 is 21.1 Å². The van der Waals surface area contributed by atoms with Crippen LogP contribution < -0.4 is 11.1 Å². The number of amides is 3. The van der Waals surface area contributed by atoms with E-state index in [-0.39, 0.29) is 37.8 Å². The normalized spacial score (nSPS) is 19.9. The van der Waals surface area contributed by atoms with Gasteiger partial charge in [0.25, 0.3) is 5.91 Å². The lowest BCUT2D eigenvalue weighted by Gasteiger charge is -2.41. The number of hydrogen-bond donors (Lipinski definition) is 3. The first-order chi connectivity index (χ1) is 18.4. The standard InChI is InChI=1S/C29H36FN5O4/c1-28(2,31)26(38)32-23(12-11-21-10-9-20(17-36)15-22(21)30)25(37)35-14-13-24-29(18-35,27(39)34(3)33-24)16-19-7-5-4-6-8-19/h4-10,15,23,36H,11-14,16-18,31H2,1-3H3,(H,32,38)/t23?,29-/m1/s1. The Labute approximate surface area is 227 Å². The third kappa shape index (κ3) is 6.02. The Kier molecular flexibility index (Phi) is 8.17. The van der Waals surface area contributed by atoms with Crippen molar-refractivity contribution in [2.24, 2.45) is 16.3 Å². The number of carbonyl (C=O) groups is 3. The second-order valence-corrected chi connectivity index (χ2v) is 11.0. The van der Waals surface area contributed by atoms with Gasteiger partial charge in [-0.25, -0.2) is 9.40 Å². The maximum absolute atomic E-state index is 14.6. The van der Waals surface area contributed by atoms with Gasteiger partial charge in [-0.2, -0.15) is 5.10 Å². The zero-order valence-electron chi connectivity index (χ0n) is 22.6. The molecule has 4 rings (SSSR count). The lowest BCUT2D eigenvalue weighted by Crippen LogP contribution is -2.60. The summed E-state index contributed by atoms with van der Waals surface area (Å²) in [6, 6.07) is 13.1. The van der Waals surface area contributed by atoms with Crippen molar-refractivity contribution in [3.05, 3.63) is 71.0 Å². The molecule has 2 aromatic carbocycles. The van der Waals surface area contributed by atoms with E-state index in [4.69, 9.17) is 5.73 Å². The monoisotopic (exact) mass is 537 g/mol. The smallest absolute Gasteiger partial charge is 0.256 e. The van der Waals surface area contributed by atoms with Gasteiger partial charge >= 0.3 is 0 Å². The molecule has 2 atom stereocenters. The molecule has 10 heteroatoms. The van der Waals surface area contributed by atoms with Gasteiger partial charge in [0, 0.05) is 26.6 Å². The summed E-state index contributed by atoms with van der Waals surface area (Å²) in [5, 5.41) is 17.9. The molecule has 0 aromatic heterocycles. The molecule has 1 saturated heterocycles. The van der Waals surface area contributed by atoms with Crippen LogP contribution in [0.3, 0.4) is 0 Å². The van der Waals surface area contributed by atoms with Crippen LogP contribution in [0.15, 0.2) is 53.6 Å². The highest BCUT2D eigenvalue weighted by Gasteiger charge is 2.53. The zero-order valence-corrected chi connectivity index (χ0v) is 22.6. The van der Waals surface area contributed by atoms with E-state index in [0.717, 1.165) is 11.3 Å². The summed E-state index contributed by atoms with van der Waals surface area (Å²) in [5.41, 5.74) is 6.30. The molecule has 0 spiro atoms. The molecule has 208 valence electrons. The van der Waals surface area contributed by atoms with Gasteiger partial charge in [0.2, 0.25) is 11.8 Å². The number of benzene rings is 2. The number of rotatable bonds is 9. The van der Waals surface area contributed by atoms with Crippen LogP contribution in [-0.2, 0) is 33.8 Å².